The Hall–Kier alpha value is -0.0800. The molecule has 2 heteroatoms. The van der Waals surface area contributed by atoms with E-state index in [1.807, 2.05) is 7.05 Å². The lowest BCUT2D eigenvalue weighted by molar-refractivity contribution is 0.300. The van der Waals surface area contributed by atoms with Crippen LogP contribution in [-0.2, 0) is 0 Å². The Balaban J connectivity index is 2.41. The predicted molar refractivity (Wildman–Crippen MR) is 43.9 cm³/mol. The topological polar surface area (TPSA) is 38.0 Å². The molecule has 0 unspecified atom stereocenters. The van der Waals surface area contributed by atoms with Gasteiger partial charge < -0.3 is 11.1 Å². The van der Waals surface area contributed by atoms with Crippen molar-refractivity contribution in [1.82, 2.24) is 5.32 Å². The summed E-state index contributed by atoms with van der Waals surface area (Å²) in [4.78, 5) is 0. The Morgan fingerprint density at radius 1 is 1.40 bits per heavy atom. The number of nitrogens with one attached hydrogen (secondary N) is 1. The van der Waals surface area contributed by atoms with Crippen molar-refractivity contribution in [2.45, 2.75) is 25.7 Å². The van der Waals surface area contributed by atoms with Crippen molar-refractivity contribution in [3.63, 3.8) is 0 Å². The normalized spacial score (nSPS) is 23.4. The Kier molecular flexibility index (Phi) is 2.69. The standard InChI is InChI=1S/C8H18N2/c1-10-7-8(6-9)4-2-3-5-8/h10H,2-7,9H2,1H3. The minimum atomic E-state index is 0.453. The van der Waals surface area contributed by atoms with Gasteiger partial charge in [0, 0.05) is 6.54 Å². The van der Waals surface area contributed by atoms with Crippen LogP contribution in [0.1, 0.15) is 25.7 Å². The van der Waals surface area contributed by atoms with Gasteiger partial charge in [-0.1, -0.05) is 12.8 Å². The van der Waals surface area contributed by atoms with E-state index in [0.717, 1.165) is 13.1 Å². The second kappa shape index (κ2) is 3.35. The van der Waals surface area contributed by atoms with Crippen LogP contribution < -0.4 is 11.1 Å². The zero-order chi connectivity index (χ0) is 7.45. The quantitative estimate of drug-likeness (QED) is 0.609. The van der Waals surface area contributed by atoms with Crippen LogP contribution in [0.3, 0.4) is 0 Å². The highest BCUT2D eigenvalue weighted by molar-refractivity contribution is 4.86. The molecule has 0 spiro atoms. The molecule has 1 fully saturated rings. The van der Waals surface area contributed by atoms with Gasteiger partial charge in [0.2, 0.25) is 0 Å². The van der Waals surface area contributed by atoms with Crippen molar-refractivity contribution >= 4 is 0 Å². The second-order valence-electron chi connectivity index (χ2n) is 3.44. The summed E-state index contributed by atoms with van der Waals surface area (Å²) in [6.45, 7) is 1.96. The molecule has 1 saturated carbocycles. The zero-order valence-corrected chi connectivity index (χ0v) is 6.82. The summed E-state index contributed by atoms with van der Waals surface area (Å²) < 4.78 is 0. The van der Waals surface area contributed by atoms with Crippen LogP contribution >= 0.6 is 0 Å². The van der Waals surface area contributed by atoms with Crippen LogP contribution in [0.2, 0.25) is 0 Å². The monoisotopic (exact) mass is 142 g/mol. The minimum absolute atomic E-state index is 0.453. The van der Waals surface area contributed by atoms with Crippen molar-refractivity contribution in [2.24, 2.45) is 11.1 Å². The average Bonchev–Trinajstić information content (AvgIpc) is 2.39. The van der Waals surface area contributed by atoms with E-state index in [0.29, 0.717) is 5.41 Å². The zero-order valence-electron chi connectivity index (χ0n) is 6.82. The molecule has 0 saturated heterocycles. The van der Waals surface area contributed by atoms with Crippen LogP contribution in [0.4, 0.5) is 0 Å². The summed E-state index contributed by atoms with van der Waals surface area (Å²) in [5.41, 5.74) is 6.17. The molecule has 0 aromatic rings. The first-order valence-corrected chi connectivity index (χ1v) is 4.18. The molecule has 3 N–H and O–H groups in total. The van der Waals surface area contributed by atoms with Crippen LogP contribution in [0.25, 0.3) is 0 Å². The van der Waals surface area contributed by atoms with E-state index in [-0.39, 0.29) is 0 Å². The summed E-state index contributed by atoms with van der Waals surface area (Å²) >= 11 is 0. The van der Waals surface area contributed by atoms with Crippen LogP contribution in [0, 0.1) is 5.41 Å². The molecular weight excluding hydrogens is 124 g/mol. The van der Waals surface area contributed by atoms with E-state index < -0.39 is 0 Å². The first-order valence-electron chi connectivity index (χ1n) is 4.18. The molecule has 0 radical (unpaired) electrons. The first kappa shape index (κ1) is 8.02. The highest BCUT2D eigenvalue weighted by Crippen LogP contribution is 2.36. The first-order chi connectivity index (χ1) is 4.83. The smallest absolute Gasteiger partial charge is 0.00169 e. The third-order valence-corrected chi connectivity index (χ3v) is 2.65. The summed E-state index contributed by atoms with van der Waals surface area (Å²) in [5.74, 6) is 0. The van der Waals surface area contributed by atoms with E-state index in [4.69, 9.17) is 5.73 Å². The molecular formula is C8H18N2. The van der Waals surface area contributed by atoms with Gasteiger partial charge in [0.25, 0.3) is 0 Å². The molecule has 0 amide bonds. The van der Waals surface area contributed by atoms with Gasteiger partial charge in [0.1, 0.15) is 0 Å². The Morgan fingerprint density at radius 3 is 2.40 bits per heavy atom. The lowest BCUT2D eigenvalue weighted by Gasteiger charge is -2.26. The van der Waals surface area contributed by atoms with Gasteiger partial charge >= 0.3 is 0 Å². The van der Waals surface area contributed by atoms with E-state index in [1.54, 1.807) is 0 Å². The number of rotatable bonds is 3. The largest absolute Gasteiger partial charge is 0.330 e. The molecule has 2 nitrogen and oxygen atoms in total. The van der Waals surface area contributed by atoms with Crippen molar-refractivity contribution in [3.8, 4) is 0 Å². The molecule has 0 aliphatic heterocycles. The van der Waals surface area contributed by atoms with Crippen molar-refractivity contribution in [2.75, 3.05) is 20.1 Å². The Bertz CT molecular complexity index is 95.4. The molecule has 0 aromatic carbocycles. The fourth-order valence-corrected chi connectivity index (χ4v) is 1.95. The van der Waals surface area contributed by atoms with E-state index >= 15 is 0 Å². The molecule has 1 aliphatic carbocycles. The number of hydrogen-bond donors (Lipinski definition) is 2. The van der Waals surface area contributed by atoms with Gasteiger partial charge in [-0.2, -0.15) is 0 Å². The Labute approximate surface area is 63.2 Å². The molecule has 60 valence electrons. The number of hydrogen-bond acceptors (Lipinski definition) is 2. The van der Waals surface area contributed by atoms with E-state index in [2.05, 4.69) is 5.32 Å². The van der Waals surface area contributed by atoms with Crippen molar-refractivity contribution in [3.05, 3.63) is 0 Å². The second-order valence-corrected chi connectivity index (χ2v) is 3.44. The summed E-state index contributed by atoms with van der Waals surface area (Å²) in [6.07, 6.45) is 5.40. The molecule has 1 rings (SSSR count). The highest BCUT2D eigenvalue weighted by atomic mass is 14.8. The van der Waals surface area contributed by atoms with Gasteiger partial charge in [-0.05, 0) is 31.8 Å². The molecule has 1 aliphatic rings. The molecule has 0 heterocycles. The average molecular weight is 142 g/mol. The van der Waals surface area contributed by atoms with Crippen LogP contribution in [0.5, 0.6) is 0 Å². The SMILES string of the molecule is CNCC1(CN)CCCC1. The summed E-state index contributed by atoms with van der Waals surface area (Å²) in [6, 6.07) is 0. The summed E-state index contributed by atoms with van der Waals surface area (Å²) in [7, 11) is 2.01. The third kappa shape index (κ3) is 1.50. The summed E-state index contributed by atoms with van der Waals surface area (Å²) in [5, 5.41) is 3.22. The lowest BCUT2D eigenvalue weighted by Crippen LogP contribution is -2.36. The highest BCUT2D eigenvalue weighted by Gasteiger charge is 2.31. The van der Waals surface area contributed by atoms with Gasteiger partial charge in [-0.25, -0.2) is 0 Å². The van der Waals surface area contributed by atoms with Gasteiger partial charge in [-0.15, -0.1) is 0 Å². The molecule has 0 bridgehead atoms. The van der Waals surface area contributed by atoms with Crippen molar-refractivity contribution in [1.29, 1.82) is 0 Å². The molecule has 0 atom stereocenters. The van der Waals surface area contributed by atoms with E-state index in [9.17, 15) is 0 Å². The van der Waals surface area contributed by atoms with Crippen LogP contribution in [-0.4, -0.2) is 20.1 Å². The van der Waals surface area contributed by atoms with Gasteiger partial charge in [-0.3, -0.25) is 0 Å². The van der Waals surface area contributed by atoms with Crippen LogP contribution in [0.15, 0.2) is 0 Å². The van der Waals surface area contributed by atoms with E-state index in [1.165, 1.54) is 25.7 Å². The lowest BCUT2D eigenvalue weighted by atomic mass is 9.86. The molecule has 0 aromatic heterocycles. The Morgan fingerprint density at radius 2 is 2.00 bits per heavy atom. The predicted octanol–water partition coefficient (Wildman–Crippen LogP) is 0.725. The fourth-order valence-electron chi connectivity index (χ4n) is 1.95. The molecule has 10 heavy (non-hydrogen) atoms. The van der Waals surface area contributed by atoms with Gasteiger partial charge in [0.15, 0.2) is 0 Å². The maximum absolute atomic E-state index is 5.71. The maximum atomic E-state index is 5.71. The van der Waals surface area contributed by atoms with Crippen molar-refractivity contribution < 1.29 is 0 Å². The minimum Gasteiger partial charge on any atom is -0.330 e. The maximum Gasteiger partial charge on any atom is 0.00169 e. The number of nitrogens with two attached hydrogens (primary N) is 1. The fraction of sp³-hybridized carbons (Fsp3) is 1.00. The van der Waals surface area contributed by atoms with Gasteiger partial charge in [0.05, 0.1) is 0 Å². The third-order valence-electron chi connectivity index (χ3n) is 2.65.